The third-order valence-electron chi connectivity index (χ3n) is 4.35. The molecule has 0 aliphatic carbocycles. The van der Waals surface area contributed by atoms with Gasteiger partial charge in [-0.1, -0.05) is 35.6 Å². The normalized spacial score (nSPS) is 12.9. The van der Waals surface area contributed by atoms with Crippen molar-refractivity contribution in [3.05, 3.63) is 70.8 Å². The van der Waals surface area contributed by atoms with E-state index in [0.29, 0.717) is 33.3 Å². The number of rotatable bonds is 3. The molecular formula is C21H16ClN5O3. The highest BCUT2D eigenvalue weighted by Gasteiger charge is 2.27. The minimum absolute atomic E-state index is 0.0180. The molecule has 1 aromatic carbocycles. The summed E-state index contributed by atoms with van der Waals surface area (Å²) in [5.41, 5.74) is 6.36. The van der Waals surface area contributed by atoms with Crippen LogP contribution < -0.4 is 5.73 Å². The number of carbonyl (C=O) groups is 1. The Morgan fingerprint density at radius 1 is 1.30 bits per heavy atom. The predicted molar refractivity (Wildman–Crippen MR) is 110 cm³/mol. The highest BCUT2D eigenvalue weighted by atomic mass is 35.5. The topological polar surface area (TPSA) is 120 Å². The second kappa shape index (κ2) is 7.30. The maximum absolute atomic E-state index is 11.8. The number of nitrogens with zero attached hydrogens (tertiary/aromatic N) is 4. The van der Waals surface area contributed by atoms with Gasteiger partial charge in [0.15, 0.2) is 0 Å². The number of aliphatic hydroxyl groups is 1. The summed E-state index contributed by atoms with van der Waals surface area (Å²) in [6.07, 6.45) is 1.64. The van der Waals surface area contributed by atoms with Gasteiger partial charge in [-0.2, -0.15) is 0 Å². The van der Waals surface area contributed by atoms with Crippen LogP contribution in [0.3, 0.4) is 0 Å². The Morgan fingerprint density at radius 2 is 2.10 bits per heavy atom. The van der Waals surface area contributed by atoms with E-state index in [1.165, 1.54) is 6.92 Å². The van der Waals surface area contributed by atoms with Crippen molar-refractivity contribution in [2.75, 3.05) is 0 Å². The zero-order valence-electron chi connectivity index (χ0n) is 16.0. The summed E-state index contributed by atoms with van der Waals surface area (Å²) >= 11 is 6.13. The van der Waals surface area contributed by atoms with Crippen LogP contribution in [0.1, 0.15) is 34.9 Å². The molecule has 1 amide bonds. The van der Waals surface area contributed by atoms with E-state index in [9.17, 15) is 9.90 Å². The van der Waals surface area contributed by atoms with E-state index in [4.69, 9.17) is 21.8 Å². The lowest BCUT2D eigenvalue weighted by molar-refractivity contribution is 0.0881. The molecular weight excluding hydrogens is 406 g/mol. The summed E-state index contributed by atoms with van der Waals surface area (Å²) < 4.78 is 6.86. The van der Waals surface area contributed by atoms with Gasteiger partial charge < -0.3 is 15.3 Å². The van der Waals surface area contributed by atoms with E-state index < -0.39 is 11.5 Å². The molecule has 3 N–H and O–H groups in total. The standard InChI is InChI=1S/C21H16ClN5O3/c1-12-25-26-20(30-12)21(2,29)8-6-13-4-3-5-14(10-13)17-16-11-15(22)7-9-27(16)19(24-17)18(23)28/h3-5,7,9-11,29H,1-2H3,(H2,23,28)/t21-/m1/s1. The van der Waals surface area contributed by atoms with Gasteiger partial charge in [0.05, 0.1) is 11.2 Å². The molecule has 3 heterocycles. The van der Waals surface area contributed by atoms with Crippen molar-refractivity contribution in [1.82, 2.24) is 19.6 Å². The molecule has 0 bridgehead atoms. The van der Waals surface area contributed by atoms with Crippen molar-refractivity contribution in [1.29, 1.82) is 0 Å². The van der Waals surface area contributed by atoms with Gasteiger partial charge in [0.1, 0.15) is 0 Å². The number of aryl methyl sites for hydroxylation is 1. The number of fused-ring (bicyclic) bond motifs is 1. The minimum Gasteiger partial charge on any atom is -0.421 e. The van der Waals surface area contributed by atoms with Crippen molar-refractivity contribution < 1.29 is 14.3 Å². The highest BCUT2D eigenvalue weighted by Crippen LogP contribution is 2.28. The SMILES string of the molecule is Cc1nnc([C@](C)(O)C#Cc2cccc(-c3nc(C(N)=O)n4ccc(Cl)cc34)c2)o1. The van der Waals surface area contributed by atoms with Crippen LogP contribution in [0.25, 0.3) is 16.8 Å². The highest BCUT2D eigenvalue weighted by molar-refractivity contribution is 6.31. The number of halogens is 1. The zero-order chi connectivity index (χ0) is 21.5. The number of amides is 1. The monoisotopic (exact) mass is 421 g/mol. The molecule has 4 aromatic rings. The minimum atomic E-state index is -1.61. The molecule has 0 radical (unpaired) electrons. The summed E-state index contributed by atoms with van der Waals surface area (Å²) in [5.74, 6) is 5.46. The Morgan fingerprint density at radius 3 is 2.80 bits per heavy atom. The number of primary amides is 1. The zero-order valence-corrected chi connectivity index (χ0v) is 16.8. The van der Waals surface area contributed by atoms with E-state index in [-0.39, 0.29) is 11.7 Å². The van der Waals surface area contributed by atoms with E-state index in [1.807, 2.05) is 6.07 Å². The first-order valence-electron chi connectivity index (χ1n) is 8.88. The number of aromatic nitrogens is 4. The van der Waals surface area contributed by atoms with Crippen molar-refractivity contribution in [2.24, 2.45) is 5.73 Å². The molecule has 150 valence electrons. The number of hydrogen-bond acceptors (Lipinski definition) is 6. The lowest BCUT2D eigenvalue weighted by atomic mass is 10.0. The second-order valence-corrected chi connectivity index (χ2v) is 7.21. The number of pyridine rings is 1. The van der Waals surface area contributed by atoms with Crippen molar-refractivity contribution in [2.45, 2.75) is 19.4 Å². The molecule has 0 spiro atoms. The molecule has 3 aromatic heterocycles. The number of carbonyl (C=O) groups excluding carboxylic acids is 1. The quantitative estimate of drug-likeness (QED) is 0.491. The van der Waals surface area contributed by atoms with Crippen molar-refractivity contribution >= 4 is 23.0 Å². The summed E-state index contributed by atoms with van der Waals surface area (Å²) in [5, 5.41) is 18.6. The summed E-state index contributed by atoms with van der Waals surface area (Å²) in [6, 6.07) is 10.6. The molecule has 0 fully saturated rings. The van der Waals surface area contributed by atoms with Crippen LogP contribution in [0.5, 0.6) is 0 Å². The fourth-order valence-electron chi connectivity index (χ4n) is 2.93. The van der Waals surface area contributed by atoms with E-state index in [1.54, 1.807) is 47.9 Å². The predicted octanol–water partition coefficient (Wildman–Crippen LogP) is 2.70. The van der Waals surface area contributed by atoms with Crippen LogP contribution in [0.4, 0.5) is 0 Å². The number of nitrogens with two attached hydrogens (primary N) is 1. The van der Waals surface area contributed by atoms with Gasteiger partial charge in [-0.05, 0) is 31.2 Å². The molecule has 0 unspecified atom stereocenters. The first kappa shape index (κ1) is 19.6. The Labute approximate surface area is 176 Å². The van der Waals surface area contributed by atoms with Crippen molar-refractivity contribution in [3.8, 4) is 23.1 Å². The maximum atomic E-state index is 11.8. The van der Waals surface area contributed by atoms with Gasteiger partial charge >= 0.3 is 0 Å². The molecule has 0 aliphatic heterocycles. The Kier molecular flexibility index (Phi) is 4.78. The molecule has 0 saturated carbocycles. The maximum Gasteiger partial charge on any atom is 0.285 e. The van der Waals surface area contributed by atoms with Gasteiger partial charge in [-0.25, -0.2) is 4.98 Å². The molecule has 0 aliphatic rings. The van der Waals surface area contributed by atoms with Gasteiger partial charge in [-0.15, -0.1) is 10.2 Å². The number of benzene rings is 1. The van der Waals surface area contributed by atoms with Gasteiger partial charge in [0.2, 0.25) is 17.3 Å². The fourth-order valence-corrected chi connectivity index (χ4v) is 3.09. The third kappa shape index (κ3) is 3.64. The van der Waals surface area contributed by atoms with Gasteiger partial charge in [-0.3, -0.25) is 9.20 Å². The van der Waals surface area contributed by atoms with Crippen LogP contribution in [0.2, 0.25) is 5.02 Å². The van der Waals surface area contributed by atoms with Crippen LogP contribution in [-0.2, 0) is 5.60 Å². The largest absolute Gasteiger partial charge is 0.421 e. The molecule has 9 heteroatoms. The molecule has 30 heavy (non-hydrogen) atoms. The van der Waals surface area contributed by atoms with Gasteiger partial charge in [0, 0.05) is 29.3 Å². The average Bonchev–Trinajstić information content (AvgIpc) is 3.31. The lowest BCUT2D eigenvalue weighted by Gasteiger charge is -2.09. The van der Waals surface area contributed by atoms with E-state index in [2.05, 4.69) is 27.0 Å². The van der Waals surface area contributed by atoms with Crippen molar-refractivity contribution in [3.63, 3.8) is 0 Å². The smallest absolute Gasteiger partial charge is 0.285 e. The summed E-state index contributed by atoms with van der Waals surface area (Å²) in [6.45, 7) is 3.10. The lowest BCUT2D eigenvalue weighted by Crippen LogP contribution is -2.19. The Hall–Kier alpha value is -3.67. The second-order valence-electron chi connectivity index (χ2n) is 6.78. The number of hydrogen-bond donors (Lipinski definition) is 2. The van der Waals surface area contributed by atoms with Crippen LogP contribution in [-0.4, -0.2) is 30.6 Å². The number of imidazole rings is 1. The van der Waals surface area contributed by atoms with Crippen LogP contribution in [0.15, 0.2) is 47.0 Å². The first-order valence-corrected chi connectivity index (χ1v) is 9.26. The van der Waals surface area contributed by atoms with Crippen LogP contribution in [0, 0.1) is 18.8 Å². The average molecular weight is 422 g/mol. The fraction of sp³-hybridized carbons (Fsp3) is 0.143. The molecule has 0 saturated heterocycles. The Bertz CT molecular complexity index is 1340. The van der Waals surface area contributed by atoms with Crippen LogP contribution >= 0.6 is 11.6 Å². The molecule has 8 nitrogen and oxygen atoms in total. The third-order valence-corrected chi connectivity index (χ3v) is 4.59. The van der Waals surface area contributed by atoms with Gasteiger partial charge in [0.25, 0.3) is 11.8 Å². The molecule has 1 atom stereocenters. The Balaban J connectivity index is 1.77. The van der Waals surface area contributed by atoms with E-state index in [0.717, 1.165) is 0 Å². The molecule has 4 rings (SSSR count). The summed E-state index contributed by atoms with van der Waals surface area (Å²) in [4.78, 5) is 16.2. The summed E-state index contributed by atoms with van der Waals surface area (Å²) in [7, 11) is 0. The first-order chi connectivity index (χ1) is 14.2. The van der Waals surface area contributed by atoms with E-state index >= 15 is 0 Å².